The van der Waals surface area contributed by atoms with E-state index in [4.69, 9.17) is 10.5 Å². The zero-order chi connectivity index (χ0) is 9.68. The van der Waals surface area contributed by atoms with E-state index in [1.807, 2.05) is 24.3 Å². The number of hydrogen-bond acceptors (Lipinski definition) is 2. The highest BCUT2D eigenvalue weighted by Gasteiger charge is 1.98. The lowest BCUT2D eigenvalue weighted by Crippen LogP contribution is -2.26. The van der Waals surface area contributed by atoms with Crippen LogP contribution in [-0.2, 0) is 0 Å². The van der Waals surface area contributed by atoms with E-state index in [2.05, 4.69) is 27.9 Å². The monoisotopic (exact) mass is 290 g/mol. The predicted octanol–water partition coefficient (Wildman–Crippen LogP) is 1.20. The van der Waals surface area contributed by atoms with Gasteiger partial charge in [0, 0.05) is 15.7 Å². The number of halogens is 1. The summed E-state index contributed by atoms with van der Waals surface area (Å²) >= 11 is 2.22. The summed E-state index contributed by atoms with van der Waals surface area (Å²) in [6.45, 7) is 0.470. The molecule has 3 nitrogen and oxygen atoms in total. The van der Waals surface area contributed by atoms with Crippen LogP contribution in [0.3, 0.4) is 0 Å². The molecule has 0 heterocycles. The van der Waals surface area contributed by atoms with E-state index in [-0.39, 0.29) is 6.61 Å². The van der Waals surface area contributed by atoms with E-state index in [1.165, 1.54) is 0 Å². The Balaban J connectivity index is 2.61. The zero-order valence-corrected chi connectivity index (χ0v) is 9.21. The summed E-state index contributed by atoms with van der Waals surface area (Å²) in [6, 6.07) is 7.67. The van der Waals surface area contributed by atoms with E-state index in [0.29, 0.717) is 12.4 Å². The lowest BCUT2D eigenvalue weighted by atomic mass is 10.2. The maximum absolute atomic E-state index is 8.55. The van der Waals surface area contributed by atoms with Crippen molar-refractivity contribution in [2.75, 3.05) is 13.2 Å². The van der Waals surface area contributed by atoms with Crippen molar-refractivity contribution in [2.24, 2.45) is 0 Å². The predicted molar refractivity (Wildman–Crippen MR) is 61.1 cm³/mol. The first-order chi connectivity index (χ1) is 6.24. The molecule has 0 unspecified atom stereocenters. The normalized spacial score (nSPS) is 9.69. The first-order valence-corrected chi connectivity index (χ1v) is 5.01. The van der Waals surface area contributed by atoms with Gasteiger partial charge < -0.3 is 10.4 Å². The van der Waals surface area contributed by atoms with Crippen LogP contribution in [0.1, 0.15) is 5.56 Å². The molecule has 0 saturated heterocycles. The van der Waals surface area contributed by atoms with Crippen LogP contribution < -0.4 is 5.32 Å². The molecule has 1 rings (SSSR count). The van der Waals surface area contributed by atoms with Crippen LogP contribution in [0.5, 0.6) is 0 Å². The molecule has 0 aliphatic carbocycles. The number of rotatable bonds is 3. The molecule has 0 radical (unpaired) electrons. The third-order valence-electron chi connectivity index (χ3n) is 1.55. The Bertz CT molecular complexity index is 284. The Kier molecular flexibility index (Phi) is 4.17. The highest BCUT2D eigenvalue weighted by molar-refractivity contribution is 14.1. The van der Waals surface area contributed by atoms with Gasteiger partial charge in [0.1, 0.15) is 5.84 Å². The third-order valence-corrected chi connectivity index (χ3v) is 2.27. The van der Waals surface area contributed by atoms with Crippen molar-refractivity contribution in [3.63, 3.8) is 0 Å². The Morgan fingerprint density at radius 1 is 1.38 bits per heavy atom. The average Bonchev–Trinajstić information content (AvgIpc) is 2.15. The molecule has 0 fully saturated rings. The van der Waals surface area contributed by atoms with Gasteiger partial charge in [-0.2, -0.15) is 0 Å². The lowest BCUT2D eigenvalue weighted by Gasteiger charge is -2.05. The van der Waals surface area contributed by atoms with Crippen LogP contribution in [0.25, 0.3) is 0 Å². The molecule has 0 aliphatic rings. The molecule has 4 heteroatoms. The average molecular weight is 290 g/mol. The van der Waals surface area contributed by atoms with Gasteiger partial charge in [0.25, 0.3) is 0 Å². The summed E-state index contributed by atoms with van der Waals surface area (Å²) in [7, 11) is 0. The minimum Gasteiger partial charge on any atom is -0.395 e. The molecule has 0 aliphatic heterocycles. The molecule has 0 spiro atoms. The molecule has 3 N–H and O–H groups in total. The second kappa shape index (κ2) is 5.18. The fourth-order valence-corrected chi connectivity index (χ4v) is 1.26. The van der Waals surface area contributed by atoms with Gasteiger partial charge >= 0.3 is 0 Å². The van der Waals surface area contributed by atoms with Crippen LogP contribution >= 0.6 is 22.6 Å². The molecule has 1 aromatic rings. The number of nitrogens with one attached hydrogen (secondary N) is 2. The molecule has 0 saturated carbocycles. The first-order valence-electron chi connectivity index (χ1n) is 3.93. The van der Waals surface area contributed by atoms with E-state index in [1.54, 1.807) is 0 Å². The highest BCUT2D eigenvalue weighted by Crippen LogP contribution is 2.06. The van der Waals surface area contributed by atoms with Crippen molar-refractivity contribution in [1.82, 2.24) is 5.32 Å². The maximum atomic E-state index is 8.55. The van der Waals surface area contributed by atoms with Gasteiger partial charge in [-0.3, -0.25) is 5.41 Å². The summed E-state index contributed by atoms with van der Waals surface area (Å²) in [5.74, 6) is 0.352. The van der Waals surface area contributed by atoms with Crippen molar-refractivity contribution >= 4 is 28.4 Å². The van der Waals surface area contributed by atoms with Crippen molar-refractivity contribution < 1.29 is 5.11 Å². The molecular weight excluding hydrogens is 279 g/mol. The Labute approximate surface area is 90.8 Å². The fourth-order valence-electron chi connectivity index (χ4n) is 0.900. The Hall–Kier alpha value is -0.620. The third kappa shape index (κ3) is 3.31. The first kappa shape index (κ1) is 10.5. The van der Waals surface area contributed by atoms with Gasteiger partial charge in [-0.05, 0) is 34.7 Å². The summed E-state index contributed by atoms with van der Waals surface area (Å²) in [5, 5.41) is 18.9. The SMILES string of the molecule is N=C(NCCO)c1ccc(I)cc1. The van der Waals surface area contributed by atoms with Crippen molar-refractivity contribution in [1.29, 1.82) is 5.41 Å². The quantitative estimate of drug-likeness (QED) is 0.445. The molecule has 13 heavy (non-hydrogen) atoms. The second-order valence-electron chi connectivity index (χ2n) is 2.53. The lowest BCUT2D eigenvalue weighted by molar-refractivity contribution is 0.300. The Morgan fingerprint density at radius 2 is 2.00 bits per heavy atom. The summed E-state index contributed by atoms with van der Waals surface area (Å²) < 4.78 is 1.15. The molecular formula is C9H11IN2O. The zero-order valence-electron chi connectivity index (χ0n) is 7.05. The van der Waals surface area contributed by atoms with Crippen molar-refractivity contribution in [2.45, 2.75) is 0 Å². The highest BCUT2D eigenvalue weighted by atomic mass is 127. The molecule has 70 valence electrons. The molecule has 0 bridgehead atoms. The largest absolute Gasteiger partial charge is 0.395 e. The number of amidine groups is 1. The molecule has 0 aromatic heterocycles. The van der Waals surface area contributed by atoms with Crippen LogP contribution in [0.15, 0.2) is 24.3 Å². The van der Waals surface area contributed by atoms with E-state index in [0.717, 1.165) is 9.13 Å². The van der Waals surface area contributed by atoms with Crippen molar-refractivity contribution in [3.05, 3.63) is 33.4 Å². The number of aliphatic hydroxyl groups is 1. The summed E-state index contributed by atoms with van der Waals surface area (Å²) in [6.07, 6.45) is 0. The fraction of sp³-hybridized carbons (Fsp3) is 0.222. The van der Waals surface area contributed by atoms with Crippen molar-refractivity contribution in [3.8, 4) is 0 Å². The molecule has 0 amide bonds. The molecule has 1 aromatic carbocycles. The van der Waals surface area contributed by atoms with Gasteiger partial charge in [0.05, 0.1) is 6.61 Å². The minimum absolute atomic E-state index is 0.0484. The van der Waals surface area contributed by atoms with Gasteiger partial charge in [0.2, 0.25) is 0 Å². The summed E-state index contributed by atoms with van der Waals surface area (Å²) in [5.41, 5.74) is 0.842. The maximum Gasteiger partial charge on any atom is 0.125 e. The van der Waals surface area contributed by atoms with Crippen LogP contribution in [0, 0.1) is 8.98 Å². The number of aliphatic hydroxyl groups excluding tert-OH is 1. The van der Waals surface area contributed by atoms with Gasteiger partial charge in [-0.1, -0.05) is 12.1 Å². The molecule has 0 atom stereocenters. The van der Waals surface area contributed by atoms with Crippen LogP contribution in [0.2, 0.25) is 0 Å². The van der Waals surface area contributed by atoms with Gasteiger partial charge in [-0.15, -0.1) is 0 Å². The van der Waals surface area contributed by atoms with Crippen LogP contribution in [0.4, 0.5) is 0 Å². The van der Waals surface area contributed by atoms with E-state index in [9.17, 15) is 0 Å². The standard InChI is InChI=1S/C9H11IN2O/c10-8-3-1-7(2-4-8)9(11)12-5-6-13/h1-4,13H,5-6H2,(H2,11,12). The second-order valence-corrected chi connectivity index (χ2v) is 3.78. The topological polar surface area (TPSA) is 56.1 Å². The number of benzene rings is 1. The number of hydrogen-bond donors (Lipinski definition) is 3. The smallest absolute Gasteiger partial charge is 0.125 e. The van der Waals surface area contributed by atoms with Gasteiger partial charge in [0.15, 0.2) is 0 Å². The minimum atomic E-state index is 0.0484. The van der Waals surface area contributed by atoms with Gasteiger partial charge in [-0.25, -0.2) is 0 Å². The Morgan fingerprint density at radius 3 is 2.54 bits per heavy atom. The summed E-state index contributed by atoms with van der Waals surface area (Å²) in [4.78, 5) is 0. The van der Waals surface area contributed by atoms with E-state index >= 15 is 0 Å². The van der Waals surface area contributed by atoms with E-state index < -0.39 is 0 Å². The van der Waals surface area contributed by atoms with Crippen LogP contribution in [-0.4, -0.2) is 24.1 Å².